The Balaban J connectivity index is 1.66. The fraction of sp³-hybridized carbons (Fsp3) is 0.333. The first kappa shape index (κ1) is 18.0. The van der Waals surface area contributed by atoms with Gasteiger partial charge in [-0.3, -0.25) is 9.59 Å². The molecule has 1 amide bonds. The van der Waals surface area contributed by atoms with Crippen molar-refractivity contribution >= 4 is 17.6 Å². The van der Waals surface area contributed by atoms with Gasteiger partial charge < -0.3 is 14.4 Å². The Morgan fingerprint density at radius 1 is 1.08 bits per heavy atom. The van der Waals surface area contributed by atoms with Crippen LogP contribution in [0.15, 0.2) is 42.5 Å². The fourth-order valence-corrected chi connectivity index (χ4v) is 2.98. The van der Waals surface area contributed by atoms with Gasteiger partial charge in [0.25, 0.3) is 0 Å². The summed E-state index contributed by atoms with van der Waals surface area (Å²) >= 11 is 0. The van der Waals surface area contributed by atoms with E-state index < -0.39 is 5.92 Å². The van der Waals surface area contributed by atoms with Crippen molar-refractivity contribution < 1.29 is 19.1 Å². The van der Waals surface area contributed by atoms with E-state index in [2.05, 4.69) is 0 Å². The van der Waals surface area contributed by atoms with Crippen LogP contribution in [0.25, 0.3) is 0 Å². The standard InChI is InChI=1S/C21H23NO4/c1-4-25-18-9-6-17(7-10-18)22-13-16(12-20(22)23)21(24)26-19-8-5-14(2)15(3)11-19/h5-11,16H,4,12-13H2,1-3H3/t16-/m0/s1. The number of amides is 1. The predicted molar refractivity (Wildman–Crippen MR) is 99.6 cm³/mol. The zero-order valence-electron chi connectivity index (χ0n) is 15.3. The Morgan fingerprint density at radius 3 is 2.42 bits per heavy atom. The first-order valence-corrected chi connectivity index (χ1v) is 8.80. The van der Waals surface area contributed by atoms with E-state index in [0.29, 0.717) is 18.9 Å². The quantitative estimate of drug-likeness (QED) is 0.608. The van der Waals surface area contributed by atoms with Gasteiger partial charge in [-0.2, -0.15) is 0 Å². The molecule has 2 aromatic rings. The summed E-state index contributed by atoms with van der Waals surface area (Å²) in [4.78, 5) is 26.4. The van der Waals surface area contributed by atoms with Crippen LogP contribution in [0, 0.1) is 19.8 Å². The highest BCUT2D eigenvalue weighted by Gasteiger charge is 2.36. The highest BCUT2D eigenvalue weighted by atomic mass is 16.5. The number of rotatable bonds is 5. The van der Waals surface area contributed by atoms with Crippen LogP contribution >= 0.6 is 0 Å². The van der Waals surface area contributed by atoms with Crippen molar-refractivity contribution in [1.82, 2.24) is 0 Å². The highest BCUT2D eigenvalue weighted by Crippen LogP contribution is 2.28. The van der Waals surface area contributed by atoms with E-state index in [-0.39, 0.29) is 18.3 Å². The molecule has 0 aromatic heterocycles. The number of esters is 1. The maximum atomic E-state index is 12.5. The summed E-state index contributed by atoms with van der Waals surface area (Å²) < 4.78 is 10.9. The largest absolute Gasteiger partial charge is 0.494 e. The molecule has 1 aliphatic rings. The minimum Gasteiger partial charge on any atom is -0.494 e. The molecule has 26 heavy (non-hydrogen) atoms. The van der Waals surface area contributed by atoms with Gasteiger partial charge in [0.05, 0.1) is 12.5 Å². The summed E-state index contributed by atoms with van der Waals surface area (Å²) in [6.45, 7) is 6.82. The summed E-state index contributed by atoms with van der Waals surface area (Å²) in [5.41, 5.74) is 2.97. The number of carbonyl (C=O) groups is 2. The molecular formula is C21H23NO4. The average Bonchev–Trinajstić information content (AvgIpc) is 3.01. The Hall–Kier alpha value is -2.82. The van der Waals surface area contributed by atoms with E-state index in [1.807, 2.05) is 57.2 Å². The molecule has 0 spiro atoms. The van der Waals surface area contributed by atoms with Crippen molar-refractivity contribution in [2.45, 2.75) is 27.2 Å². The number of hydrogen-bond acceptors (Lipinski definition) is 4. The second kappa shape index (κ2) is 7.60. The van der Waals surface area contributed by atoms with Crippen molar-refractivity contribution in [3.63, 3.8) is 0 Å². The van der Waals surface area contributed by atoms with Crippen molar-refractivity contribution in [3.05, 3.63) is 53.6 Å². The smallest absolute Gasteiger partial charge is 0.316 e. The molecule has 3 rings (SSSR count). The molecule has 136 valence electrons. The number of carbonyl (C=O) groups excluding carboxylic acids is 2. The molecule has 1 fully saturated rings. The van der Waals surface area contributed by atoms with Gasteiger partial charge in [0.2, 0.25) is 5.91 Å². The lowest BCUT2D eigenvalue weighted by Gasteiger charge is -2.17. The molecule has 0 bridgehead atoms. The number of aryl methyl sites for hydroxylation is 2. The van der Waals surface area contributed by atoms with Gasteiger partial charge in [0.15, 0.2) is 0 Å². The van der Waals surface area contributed by atoms with Gasteiger partial charge >= 0.3 is 5.97 Å². The lowest BCUT2D eigenvalue weighted by atomic mass is 10.1. The van der Waals surface area contributed by atoms with E-state index >= 15 is 0 Å². The Morgan fingerprint density at radius 2 is 1.77 bits per heavy atom. The zero-order chi connectivity index (χ0) is 18.7. The Bertz CT molecular complexity index is 813. The molecule has 0 unspecified atom stereocenters. The molecule has 0 aliphatic carbocycles. The second-order valence-electron chi connectivity index (χ2n) is 6.50. The molecule has 2 aromatic carbocycles. The van der Waals surface area contributed by atoms with Gasteiger partial charge in [-0.25, -0.2) is 0 Å². The third-order valence-corrected chi connectivity index (χ3v) is 4.61. The second-order valence-corrected chi connectivity index (χ2v) is 6.50. The third kappa shape index (κ3) is 3.87. The van der Waals surface area contributed by atoms with E-state index in [1.165, 1.54) is 0 Å². The van der Waals surface area contributed by atoms with Crippen LogP contribution in [0.4, 0.5) is 5.69 Å². The van der Waals surface area contributed by atoms with Crippen molar-refractivity contribution in [1.29, 1.82) is 0 Å². The molecule has 5 nitrogen and oxygen atoms in total. The number of nitrogens with zero attached hydrogens (tertiary/aromatic N) is 1. The van der Waals surface area contributed by atoms with Crippen LogP contribution in [-0.4, -0.2) is 25.0 Å². The summed E-state index contributed by atoms with van der Waals surface area (Å²) in [5.74, 6) is 0.376. The maximum absolute atomic E-state index is 12.5. The van der Waals surface area contributed by atoms with Crippen molar-refractivity contribution in [2.24, 2.45) is 5.92 Å². The van der Waals surface area contributed by atoms with Gasteiger partial charge in [0.1, 0.15) is 11.5 Å². The molecule has 5 heteroatoms. The van der Waals surface area contributed by atoms with Crippen LogP contribution in [-0.2, 0) is 9.59 Å². The van der Waals surface area contributed by atoms with E-state index in [9.17, 15) is 9.59 Å². The maximum Gasteiger partial charge on any atom is 0.316 e. The summed E-state index contributed by atoms with van der Waals surface area (Å²) in [7, 11) is 0. The van der Waals surface area contributed by atoms with Gasteiger partial charge in [-0.05, 0) is 68.3 Å². The highest BCUT2D eigenvalue weighted by molar-refractivity contribution is 5.99. The number of ether oxygens (including phenoxy) is 2. The molecule has 1 atom stereocenters. The molecule has 1 heterocycles. The van der Waals surface area contributed by atoms with Crippen LogP contribution in [0.1, 0.15) is 24.5 Å². The van der Waals surface area contributed by atoms with Crippen LogP contribution < -0.4 is 14.4 Å². The molecule has 0 radical (unpaired) electrons. The van der Waals surface area contributed by atoms with E-state index in [0.717, 1.165) is 22.6 Å². The molecule has 1 aliphatic heterocycles. The summed E-state index contributed by atoms with van der Waals surface area (Å²) in [6, 6.07) is 12.9. The van der Waals surface area contributed by atoms with Gasteiger partial charge in [-0.1, -0.05) is 6.07 Å². The number of hydrogen-bond donors (Lipinski definition) is 0. The predicted octanol–water partition coefficient (Wildman–Crippen LogP) is 3.66. The fourth-order valence-electron chi connectivity index (χ4n) is 2.98. The Labute approximate surface area is 153 Å². The van der Waals surface area contributed by atoms with E-state index in [4.69, 9.17) is 9.47 Å². The first-order valence-electron chi connectivity index (χ1n) is 8.80. The summed E-state index contributed by atoms with van der Waals surface area (Å²) in [5, 5.41) is 0. The minimum atomic E-state index is -0.462. The van der Waals surface area contributed by atoms with Crippen molar-refractivity contribution in [2.75, 3.05) is 18.1 Å². The van der Waals surface area contributed by atoms with Gasteiger partial charge in [0, 0.05) is 18.7 Å². The lowest BCUT2D eigenvalue weighted by molar-refractivity contribution is -0.139. The Kier molecular flexibility index (Phi) is 5.26. The molecule has 1 saturated heterocycles. The zero-order valence-corrected chi connectivity index (χ0v) is 15.3. The van der Waals surface area contributed by atoms with Crippen LogP contribution in [0.3, 0.4) is 0 Å². The molecule has 0 N–H and O–H groups in total. The summed E-state index contributed by atoms with van der Waals surface area (Å²) in [6.07, 6.45) is 0.164. The molecular weight excluding hydrogens is 330 g/mol. The first-order chi connectivity index (χ1) is 12.5. The minimum absolute atomic E-state index is 0.0730. The van der Waals surface area contributed by atoms with Crippen LogP contribution in [0.2, 0.25) is 0 Å². The topological polar surface area (TPSA) is 55.8 Å². The van der Waals surface area contributed by atoms with Crippen molar-refractivity contribution in [3.8, 4) is 11.5 Å². The van der Waals surface area contributed by atoms with E-state index in [1.54, 1.807) is 11.0 Å². The SMILES string of the molecule is CCOc1ccc(N2C[C@@H](C(=O)Oc3ccc(C)c(C)c3)CC2=O)cc1. The average molecular weight is 353 g/mol. The number of anilines is 1. The monoisotopic (exact) mass is 353 g/mol. The van der Waals surface area contributed by atoms with Crippen LogP contribution in [0.5, 0.6) is 11.5 Å². The number of benzene rings is 2. The normalized spacial score (nSPS) is 16.7. The lowest BCUT2D eigenvalue weighted by Crippen LogP contribution is -2.27. The van der Waals surface area contributed by atoms with Gasteiger partial charge in [-0.15, -0.1) is 0 Å². The molecule has 0 saturated carbocycles. The third-order valence-electron chi connectivity index (χ3n) is 4.61.